The number of hydrogen-bond acceptors (Lipinski definition) is 5. The van der Waals surface area contributed by atoms with E-state index in [1.54, 1.807) is 21.1 Å². The summed E-state index contributed by atoms with van der Waals surface area (Å²) in [5.74, 6) is 1.31. The van der Waals surface area contributed by atoms with E-state index in [4.69, 9.17) is 19.9 Å². The first kappa shape index (κ1) is 23.8. The average Bonchev–Trinajstić information content (AvgIpc) is 2.82. The van der Waals surface area contributed by atoms with E-state index >= 15 is 0 Å². The number of ether oxygens (including phenoxy) is 3. The fourth-order valence-electron chi connectivity index (χ4n) is 4.03. The molecule has 0 spiro atoms. The highest BCUT2D eigenvalue weighted by Crippen LogP contribution is 2.42. The first-order chi connectivity index (χ1) is 15.4. The Labute approximate surface area is 190 Å². The second-order valence-corrected chi connectivity index (χ2v) is 8.08. The van der Waals surface area contributed by atoms with Crippen LogP contribution in [0.5, 0.6) is 11.5 Å². The highest BCUT2D eigenvalue weighted by atomic mass is 16.5. The topological polar surface area (TPSA) is 73.9 Å². The number of nitrogens with two attached hydrogens (primary N) is 1. The van der Waals surface area contributed by atoms with Gasteiger partial charge < -0.3 is 25.1 Å². The molecule has 0 aliphatic carbocycles. The van der Waals surface area contributed by atoms with Crippen molar-refractivity contribution in [1.29, 1.82) is 0 Å². The third-order valence-corrected chi connectivity index (χ3v) is 5.96. The summed E-state index contributed by atoms with van der Waals surface area (Å²) in [6.45, 7) is 3.93. The minimum atomic E-state index is -0.915. The van der Waals surface area contributed by atoms with Gasteiger partial charge in [0.05, 0.1) is 26.9 Å². The molecular formula is C27H33NO4. The largest absolute Gasteiger partial charge is 0.497 e. The molecule has 0 aromatic heterocycles. The van der Waals surface area contributed by atoms with E-state index in [0.717, 1.165) is 28.2 Å². The van der Waals surface area contributed by atoms with Gasteiger partial charge in [-0.2, -0.15) is 0 Å². The maximum Gasteiger partial charge on any atom is 0.143 e. The molecule has 5 nitrogen and oxygen atoms in total. The molecule has 5 heteroatoms. The van der Waals surface area contributed by atoms with Crippen LogP contribution in [0.2, 0.25) is 0 Å². The lowest BCUT2D eigenvalue weighted by atomic mass is 9.79. The Hall–Kier alpha value is -2.86. The minimum Gasteiger partial charge on any atom is -0.497 e. The van der Waals surface area contributed by atoms with Crippen molar-refractivity contribution in [2.24, 2.45) is 11.7 Å². The van der Waals surface area contributed by atoms with Gasteiger partial charge in [-0.3, -0.25) is 0 Å². The lowest BCUT2D eigenvalue weighted by molar-refractivity contribution is -0.0391. The van der Waals surface area contributed by atoms with Crippen molar-refractivity contribution in [2.45, 2.75) is 31.6 Å². The summed E-state index contributed by atoms with van der Waals surface area (Å²) < 4.78 is 17.6. The smallest absolute Gasteiger partial charge is 0.143 e. The second kappa shape index (κ2) is 10.6. The van der Waals surface area contributed by atoms with Crippen LogP contribution in [-0.2, 0) is 10.3 Å². The van der Waals surface area contributed by atoms with E-state index in [9.17, 15) is 5.11 Å². The molecule has 0 saturated carbocycles. The molecule has 3 atom stereocenters. The van der Waals surface area contributed by atoms with Gasteiger partial charge in [-0.25, -0.2) is 0 Å². The SMILES string of the molecule is COc1ccc(C(OCC(C(C)N)C(C)O)(c2ccccc2)c2ccc(OC)cc2)cc1. The fraction of sp³-hybridized carbons (Fsp3) is 0.333. The lowest BCUT2D eigenvalue weighted by Gasteiger charge is -2.38. The maximum atomic E-state index is 10.3. The molecule has 0 radical (unpaired) electrons. The van der Waals surface area contributed by atoms with Gasteiger partial charge in [0, 0.05) is 12.0 Å². The molecule has 0 aliphatic rings. The second-order valence-electron chi connectivity index (χ2n) is 8.08. The van der Waals surface area contributed by atoms with Gasteiger partial charge in [-0.1, -0.05) is 54.6 Å². The van der Waals surface area contributed by atoms with E-state index in [0.29, 0.717) is 0 Å². The maximum absolute atomic E-state index is 10.3. The standard InChI is InChI=1S/C27H33NO4/c1-19(28)26(20(2)29)18-32-27(21-8-6-5-7-9-21,22-10-14-24(30-3)15-11-22)23-12-16-25(31-4)17-13-23/h5-17,19-20,26,29H,18,28H2,1-4H3. The van der Waals surface area contributed by atoms with Gasteiger partial charge in [0.1, 0.15) is 17.1 Å². The average molecular weight is 436 g/mol. The molecule has 0 aliphatic heterocycles. The number of aliphatic hydroxyl groups is 1. The van der Waals surface area contributed by atoms with E-state index in [1.165, 1.54) is 0 Å². The summed E-state index contributed by atoms with van der Waals surface area (Å²) in [5.41, 5.74) is 8.14. The molecule has 170 valence electrons. The van der Waals surface area contributed by atoms with Crippen LogP contribution in [0.4, 0.5) is 0 Å². The van der Waals surface area contributed by atoms with E-state index < -0.39 is 11.7 Å². The van der Waals surface area contributed by atoms with Crippen LogP contribution in [0, 0.1) is 5.92 Å². The number of rotatable bonds is 10. The molecule has 3 aromatic carbocycles. The first-order valence-electron chi connectivity index (χ1n) is 10.8. The minimum absolute atomic E-state index is 0.227. The fourth-order valence-corrected chi connectivity index (χ4v) is 4.03. The predicted molar refractivity (Wildman–Crippen MR) is 127 cm³/mol. The predicted octanol–water partition coefficient (Wildman–Crippen LogP) is 4.36. The number of methoxy groups -OCH3 is 2. The molecule has 32 heavy (non-hydrogen) atoms. The van der Waals surface area contributed by atoms with Crippen molar-refractivity contribution < 1.29 is 19.3 Å². The molecule has 0 heterocycles. The molecular weight excluding hydrogens is 402 g/mol. The Balaban J connectivity index is 2.21. The van der Waals surface area contributed by atoms with Crippen LogP contribution in [0.15, 0.2) is 78.9 Å². The number of hydrogen-bond donors (Lipinski definition) is 2. The van der Waals surface area contributed by atoms with Crippen LogP contribution in [-0.4, -0.2) is 38.1 Å². The monoisotopic (exact) mass is 435 g/mol. The van der Waals surface area contributed by atoms with Crippen molar-refractivity contribution in [3.63, 3.8) is 0 Å². The van der Waals surface area contributed by atoms with E-state index in [2.05, 4.69) is 12.1 Å². The van der Waals surface area contributed by atoms with Gasteiger partial charge in [0.25, 0.3) is 0 Å². The molecule has 3 aromatic rings. The van der Waals surface area contributed by atoms with E-state index in [-0.39, 0.29) is 18.6 Å². The van der Waals surface area contributed by atoms with Crippen LogP contribution in [0.1, 0.15) is 30.5 Å². The summed E-state index contributed by atoms with van der Waals surface area (Å²) >= 11 is 0. The van der Waals surface area contributed by atoms with Crippen molar-refractivity contribution in [2.75, 3.05) is 20.8 Å². The Morgan fingerprint density at radius 1 is 0.750 bits per heavy atom. The molecule has 3 rings (SSSR count). The summed E-state index contributed by atoms with van der Waals surface area (Å²) in [6.07, 6.45) is -0.602. The Kier molecular flexibility index (Phi) is 7.91. The molecule has 0 amide bonds. The van der Waals surface area contributed by atoms with Crippen molar-refractivity contribution in [3.8, 4) is 11.5 Å². The van der Waals surface area contributed by atoms with Gasteiger partial charge in [-0.05, 0) is 54.8 Å². The zero-order chi connectivity index (χ0) is 23.1. The molecule has 3 unspecified atom stereocenters. The lowest BCUT2D eigenvalue weighted by Crippen LogP contribution is -2.42. The Morgan fingerprint density at radius 2 is 1.19 bits per heavy atom. The van der Waals surface area contributed by atoms with Crippen molar-refractivity contribution in [3.05, 3.63) is 95.6 Å². The molecule has 0 fully saturated rings. The summed E-state index contributed by atoms with van der Waals surface area (Å²) in [7, 11) is 3.30. The zero-order valence-electron chi connectivity index (χ0n) is 19.2. The number of aliphatic hydroxyl groups excluding tert-OH is 1. The summed E-state index contributed by atoms with van der Waals surface area (Å²) in [6, 6.07) is 25.6. The first-order valence-corrected chi connectivity index (χ1v) is 10.8. The number of benzene rings is 3. The highest BCUT2D eigenvalue weighted by Gasteiger charge is 2.39. The van der Waals surface area contributed by atoms with Gasteiger partial charge in [-0.15, -0.1) is 0 Å². The van der Waals surface area contributed by atoms with Gasteiger partial charge >= 0.3 is 0 Å². The summed E-state index contributed by atoms with van der Waals surface area (Å²) in [4.78, 5) is 0. The molecule has 3 N–H and O–H groups in total. The van der Waals surface area contributed by atoms with Crippen LogP contribution < -0.4 is 15.2 Å². The summed E-state index contributed by atoms with van der Waals surface area (Å²) in [5, 5.41) is 10.3. The van der Waals surface area contributed by atoms with Crippen LogP contribution >= 0.6 is 0 Å². The van der Waals surface area contributed by atoms with Crippen LogP contribution in [0.3, 0.4) is 0 Å². The Morgan fingerprint density at radius 3 is 1.56 bits per heavy atom. The molecule has 0 bridgehead atoms. The highest BCUT2D eigenvalue weighted by molar-refractivity contribution is 5.49. The van der Waals surface area contributed by atoms with Gasteiger partial charge in [0.2, 0.25) is 0 Å². The zero-order valence-corrected chi connectivity index (χ0v) is 19.2. The van der Waals surface area contributed by atoms with Crippen molar-refractivity contribution >= 4 is 0 Å². The molecule has 0 saturated heterocycles. The Bertz CT molecular complexity index is 898. The van der Waals surface area contributed by atoms with Gasteiger partial charge in [0.15, 0.2) is 0 Å². The third-order valence-electron chi connectivity index (χ3n) is 5.96. The van der Waals surface area contributed by atoms with E-state index in [1.807, 2.05) is 73.7 Å². The van der Waals surface area contributed by atoms with Crippen LogP contribution in [0.25, 0.3) is 0 Å². The quantitative estimate of drug-likeness (QED) is 0.463. The van der Waals surface area contributed by atoms with Crippen molar-refractivity contribution in [1.82, 2.24) is 0 Å². The third kappa shape index (κ3) is 4.96. The normalized spacial score (nSPS) is 14.4.